The number of fused-ring (bicyclic) bond motifs is 1. The number of carbonyl (C=O) groups excluding carboxylic acids is 1. The molecule has 9 heteroatoms. The zero-order valence-corrected chi connectivity index (χ0v) is 14.0. The minimum absolute atomic E-state index is 0.0670. The smallest absolute Gasteiger partial charge is 0.416 e. The maximum absolute atomic E-state index is 12.8. The maximum atomic E-state index is 12.8. The molecule has 27 heavy (non-hydrogen) atoms. The zero-order valence-electron chi connectivity index (χ0n) is 14.0. The number of aromatic nitrogens is 1. The molecule has 2 heterocycles. The van der Waals surface area contributed by atoms with Crippen LogP contribution in [0.15, 0.2) is 40.9 Å². The second-order valence-electron chi connectivity index (χ2n) is 5.79. The van der Waals surface area contributed by atoms with Crippen molar-refractivity contribution < 1.29 is 27.5 Å². The highest BCUT2D eigenvalue weighted by Gasteiger charge is 2.30. The predicted octanol–water partition coefficient (Wildman–Crippen LogP) is 3.38. The molecular formula is C18H14F3N3O3. The number of pyridine rings is 1. The number of carbonyl (C=O) groups is 1. The third kappa shape index (κ3) is 3.68. The molecule has 0 atom stereocenters. The fourth-order valence-electron chi connectivity index (χ4n) is 2.56. The van der Waals surface area contributed by atoms with Crippen molar-refractivity contribution in [2.75, 3.05) is 5.32 Å². The molecule has 0 aliphatic carbocycles. The van der Waals surface area contributed by atoms with Crippen molar-refractivity contribution in [2.45, 2.75) is 19.7 Å². The maximum Gasteiger partial charge on any atom is 0.416 e. The van der Waals surface area contributed by atoms with E-state index in [1.54, 1.807) is 6.92 Å². The number of hydrogen-bond donors (Lipinski definition) is 3. The molecule has 6 nitrogen and oxygen atoms in total. The van der Waals surface area contributed by atoms with E-state index in [4.69, 9.17) is 9.83 Å². The Morgan fingerprint density at radius 1 is 1.33 bits per heavy atom. The van der Waals surface area contributed by atoms with Gasteiger partial charge in [-0.15, -0.1) is 0 Å². The number of halogens is 3. The van der Waals surface area contributed by atoms with Gasteiger partial charge < -0.3 is 14.8 Å². The van der Waals surface area contributed by atoms with E-state index < -0.39 is 23.2 Å². The van der Waals surface area contributed by atoms with Crippen LogP contribution in [-0.4, -0.2) is 16.0 Å². The summed E-state index contributed by atoms with van der Waals surface area (Å²) >= 11 is 0. The largest absolute Gasteiger partial charge is 0.436 e. The minimum atomic E-state index is -4.54. The Bertz CT molecular complexity index is 1090. The second-order valence-corrected chi connectivity index (χ2v) is 5.79. The molecule has 140 valence electrons. The number of alkyl halides is 3. The van der Waals surface area contributed by atoms with E-state index in [2.05, 4.69) is 10.3 Å². The van der Waals surface area contributed by atoms with E-state index in [9.17, 15) is 23.1 Å². The molecule has 0 saturated heterocycles. The normalized spacial score (nSPS) is 11.6. The highest BCUT2D eigenvalue weighted by atomic mass is 19.4. The van der Waals surface area contributed by atoms with Crippen LogP contribution in [0.25, 0.3) is 11.0 Å². The average molecular weight is 377 g/mol. The van der Waals surface area contributed by atoms with Gasteiger partial charge in [0.25, 0.3) is 5.91 Å². The van der Waals surface area contributed by atoms with Crippen LogP contribution in [0, 0.1) is 12.3 Å². The summed E-state index contributed by atoms with van der Waals surface area (Å²) in [4.78, 5) is 16.5. The predicted molar refractivity (Wildman–Crippen MR) is 89.9 cm³/mol. The molecule has 3 rings (SSSR count). The summed E-state index contributed by atoms with van der Waals surface area (Å²) in [6, 6.07) is 5.52. The molecule has 0 fully saturated rings. The summed E-state index contributed by atoms with van der Waals surface area (Å²) in [5.41, 5.74) is -0.496. The minimum Gasteiger partial charge on any atom is -0.436 e. The lowest BCUT2D eigenvalue weighted by atomic mass is 10.1. The van der Waals surface area contributed by atoms with Crippen molar-refractivity contribution in [3.63, 3.8) is 0 Å². The standard InChI is InChI=1S/C18H14F3N3O3/c1-9-15-13(10(8-25)7-23-9)6-14(16(22)27-15)17(26)24-12-4-2-3-11(5-12)18(19,20)21/h2-7,22,25H,8H2,1H3,(H,24,26). The number of nitrogens with one attached hydrogen (secondary N) is 2. The first kappa shape index (κ1) is 18.6. The summed E-state index contributed by atoms with van der Waals surface area (Å²) in [5, 5.41) is 20.1. The second kappa shape index (κ2) is 6.84. The summed E-state index contributed by atoms with van der Waals surface area (Å²) in [7, 11) is 0. The van der Waals surface area contributed by atoms with E-state index in [0.29, 0.717) is 16.6 Å². The molecule has 1 aromatic carbocycles. The number of aliphatic hydroxyl groups is 1. The summed E-state index contributed by atoms with van der Waals surface area (Å²) in [6.07, 6.45) is -3.12. The molecule has 0 saturated carbocycles. The topological polar surface area (TPSA) is 99.2 Å². The van der Waals surface area contributed by atoms with Crippen LogP contribution in [0.4, 0.5) is 18.9 Å². The van der Waals surface area contributed by atoms with Crippen LogP contribution in [-0.2, 0) is 12.8 Å². The van der Waals surface area contributed by atoms with E-state index in [1.807, 2.05) is 0 Å². The molecule has 2 aromatic heterocycles. The lowest BCUT2D eigenvalue weighted by Gasteiger charge is -2.11. The Hall–Kier alpha value is -3.20. The third-order valence-electron chi connectivity index (χ3n) is 3.93. The summed E-state index contributed by atoms with van der Waals surface area (Å²) in [6.45, 7) is 1.29. The number of anilines is 1. The number of aryl methyl sites for hydroxylation is 1. The van der Waals surface area contributed by atoms with Crippen LogP contribution >= 0.6 is 0 Å². The van der Waals surface area contributed by atoms with E-state index in [0.717, 1.165) is 12.1 Å². The van der Waals surface area contributed by atoms with Crippen molar-refractivity contribution in [3.05, 3.63) is 64.5 Å². The Balaban J connectivity index is 2.02. The van der Waals surface area contributed by atoms with Crippen LogP contribution in [0.1, 0.15) is 27.2 Å². The number of hydrogen-bond acceptors (Lipinski definition) is 5. The fourth-order valence-corrected chi connectivity index (χ4v) is 2.56. The molecule has 0 aliphatic heterocycles. The monoisotopic (exact) mass is 377 g/mol. The van der Waals surface area contributed by atoms with Gasteiger partial charge in [0, 0.05) is 22.8 Å². The van der Waals surface area contributed by atoms with Crippen molar-refractivity contribution in [1.29, 1.82) is 5.41 Å². The van der Waals surface area contributed by atoms with Gasteiger partial charge in [-0.2, -0.15) is 13.2 Å². The van der Waals surface area contributed by atoms with Crippen LogP contribution in [0.5, 0.6) is 0 Å². The Labute approximate surface area is 150 Å². The Morgan fingerprint density at radius 3 is 2.74 bits per heavy atom. The number of aliphatic hydroxyl groups excluding tert-OH is 1. The lowest BCUT2D eigenvalue weighted by molar-refractivity contribution is -0.137. The third-order valence-corrected chi connectivity index (χ3v) is 3.93. The number of nitrogens with zero attached hydrogens (tertiary/aromatic N) is 1. The Morgan fingerprint density at radius 2 is 2.07 bits per heavy atom. The fraction of sp³-hybridized carbons (Fsp3) is 0.167. The van der Waals surface area contributed by atoms with Crippen LogP contribution in [0.2, 0.25) is 0 Å². The van der Waals surface area contributed by atoms with Crippen molar-refractivity contribution in [3.8, 4) is 0 Å². The SMILES string of the molecule is Cc1ncc(CO)c2cc(C(=O)Nc3cccc(C(F)(F)F)c3)c(=N)oc12. The molecule has 3 aromatic rings. The summed E-state index contributed by atoms with van der Waals surface area (Å²) in [5.74, 6) is -0.802. The highest BCUT2D eigenvalue weighted by molar-refractivity contribution is 6.05. The zero-order chi connectivity index (χ0) is 19.8. The number of amides is 1. The molecule has 1 amide bonds. The first-order valence-corrected chi connectivity index (χ1v) is 7.77. The molecular weight excluding hydrogens is 363 g/mol. The van der Waals surface area contributed by atoms with E-state index in [-0.39, 0.29) is 23.4 Å². The van der Waals surface area contributed by atoms with Crippen molar-refractivity contribution in [1.82, 2.24) is 4.98 Å². The average Bonchev–Trinajstić information content (AvgIpc) is 2.61. The quantitative estimate of drug-likeness (QED) is 0.652. The molecule has 0 unspecified atom stereocenters. The van der Waals surface area contributed by atoms with E-state index >= 15 is 0 Å². The first-order chi connectivity index (χ1) is 12.7. The van der Waals surface area contributed by atoms with Gasteiger partial charge in [0.15, 0.2) is 5.58 Å². The van der Waals surface area contributed by atoms with Gasteiger partial charge in [0.05, 0.1) is 17.9 Å². The molecule has 0 bridgehead atoms. The molecule has 0 spiro atoms. The Kier molecular flexibility index (Phi) is 4.71. The number of benzene rings is 1. The van der Waals surface area contributed by atoms with Gasteiger partial charge >= 0.3 is 6.18 Å². The molecule has 0 radical (unpaired) electrons. The van der Waals surface area contributed by atoms with Gasteiger partial charge in [-0.3, -0.25) is 15.2 Å². The van der Waals surface area contributed by atoms with Gasteiger partial charge in [0.2, 0.25) is 5.55 Å². The van der Waals surface area contributed by atoms with Gasteiger partial charge in [-0.05, 0) is 31.2 Å². The van der Waals surface area contributed by atoms with Crippen molar-refractivity contribution in [2.24, 2.45) is 0 Å². The van der Waals surface area contributed by atoms with Gasteiger partial charge in [0.1, 0.15) is 5.56 Å². The van der Waals surface area contributed by atoms with Gasteiger partial charge in [-0.25, -0.2) is 0 Å². The van der Waals surface area contributed by atoms with E-state index in [1.165, 1.54) is 24.4 Å². The van der Waals surface area contributed by atoms with Crippen LogP contribution < -0.4 is 10.9 Å². The van der Waals surface area contributed by atoms with Gasteiger partial charge in [-0.1, -0.05) is 6.07 Å². The number of rotatable bonds is 3. The van der Waals surface area contributed by atoms with Crippen LogP contribution in [0.3, 0.4) is 0 Å². The highest BCUT2D eigenvalue weighted by Crippen LogP contribution is 2.30. The van der Waals surface area contributed by atoms with Crippen molar-refractivity contribution >= 4 is 22.6 Å². The molecule has 3 N–H and O–H groups in total. The lowest BCUT2D eigenvalue weighted by Crippen LogP contribution is -2.21. The summed E-state index contributed by atoms with van der Waals surface area (Å²) < 4.78 is 43.8. The first-order valence-electron chi connectivity index (χ1n) is 7.77. The molecule has 0 aliphatic rings.